The van der Waals surface area contributed by atoms with Crippen LogP contribution in [0.2, 0.25) is 0 Å². The lowest BCUT2D eigenvalue weighted by Gasteiger charge is -2.06. The molecule has 0 aliphatic carbocycles. The van der Waals surface area contributed by atoms with Crippen molar-refractivity contribution in [3.05, 3.63) is 12.2 Å². The predicted molar refractivity (Wildman–Crippen MR) is 149 cm³/mol. The third-order valence-corrected chi connectivity index (χ3v) is 6.73. The van der Waals surface area contributed by atoms with Gasteiger partial charge in [0.2, 0.25) is 0 Å². The predicted octanol–water partition coefficient (Wildman–Crippen LogP) is 7.82. The second kappa shape index (κ2) is 29.1. The maximum atomic E-state index is 11.7. The third kappa shape index (κ3) is 36.8. The fourth-order valence-electron chi connectivity index (χ4n) is 3.68. The van der Waals surface area contributed by atoms with E-state index in [0.717, 1.165) is 38.5 Å². The Morgan fingerprint density at radius 2 is 0.757 bits per heavy atom. The van der Waals surface area contributed by atoms with Crippen LogP contribution in [0, 0.1) is 0 Å². The van der Waals surface area contributed by atoms with Gasteiger partial charge >= 0.3 is 22.3 Å². The average molecular weight is 551 g/mol. The van der Waals surface area contributed by atoms with Gasteiger partial charge in [0.15, 0.2) is 0 Å². The number of hydrogen-bond donors (Lipinski definition) is 2. The highest BCUT2D eigenvalue weighted by atomic mass is 32.3. The van der Waals surface area contributed by atoms with Gasteiger partial charge in [0.1, 0.15) is 0 Å². The van der Waals surface area contributed by atoms with E-state index in [4.69, 9.17) is 18.6 Å². The van der Waals surface area contributed by atoms with Crippen molar-refractivity contribution >= 4 is 22.3 Å². The van der Waals surface area contributed by atoms with Crippen LogP contribution >= 0.6 is 0 Å². The largest absolute Gasteiger partial charge is 0.478 e. The highest BCUT2D eigenvalue weighted by Crippen LogP contribution is 2.12. The summed E-state index contributed by atoms with van der Waals surface area (Å²) in [5.41, 5.74) is 0. The Labute approximate surface area is 226 Å². The number of carbonyl (C=O) groups is 2. The van der Waals surface area contributed by atoms with Crippen molar-refractivity contribution < 1.29 is 36.6 Å². The van der Waals surface area contributed by atoms with Crippen LogP contribution in [-0.4, -0.2) is 43.8 Å². The maximum absolute atomic E-state index is 11.7. The number of rotatable bonds is 26. The summed E-state index contributed by atoms with van der Waals surface area (Å²) in [7, 11) is -3.80. The zero-order valence-electron chi connectivity index (χ0n) is 23.5. The van der Waals surface area contributed by atoms with Crippen molar-refractivity contribution in [3.63, 3.8) is 0 Å². The Balaban J connectivity index is 0. The molecule has 0 atom stereocenters. The summed E-state index contributed by atoms with van der Waals surface area (Å²) in [5, 5.41) is 15.6. The fourth-order valence-corrected chi connectivity index (χ4v) is 4.39. The zero-order valence-corrected chi connectivity index (χ0v) is 24.3. The zero-order chi connectivity index (χ0) is 28.0. The first-order valence-electron chi connectivity index (χ1n) is 14.4. The summed E-state index contributed by atoms with van der Waals surface area (Å²) in [4.78, 5) is 19.1. The molecule has 0 saturated heterocycles. The number of unbranched alkanes of at least 4 members (excludes halogenated alkanes) is 18. The van der Waals surface area contributed by atoms with Gasteiger partial charge in [-0.3, -0.25) is 0 Å². The highest BCUT2D eigenvalue weighted by Gasteiger charge is 2.11. The van der Waals surface area contributed by atoms with Gasteiger partial charge in [-0.25, -0.2) is 18.0 Å². The molecule has 0 rings (SSSR count). The number of hydrogen-bond acceptors (Lipinski definition) is 6. The van der Waals surface area contributed by atoms with Gasteiger partial charge in [-0.05, 0) is 12.8 Å². The normalized spacial score (nSPS) is 11.4. The van der Waals surface area contributed by atoms with E-state index in [1.54, 1.807) is 0 Å². The van der Waals surface area contributed by atoms with Gasteiger partial charge in [-0.15, -0.1) is 0 Å². The molecule has 37 heavy (non-hydrogen) atoms. The van der Waals surface area contributed by atoms with E-state index in [-0.39, 0.29) is 13.2 Å². The third-order valence-electron chi connectivity index (χ3n) is 5.82. The molecule has 0 radical (unpaired) electrons. The van der Waals surface area contributed by atoms with Crippen LogP contribution in [0.1, 0.15) is 142 Å². The molecule has 0 aromatic heterocycles. The van der Waals surface area contributed by atoms with Gasteiger partial charge in [-0.1, -0.05) is 129 Å². The molecule has 0 aliphatic rings. The van der Waals surface area contributed by atoms with Crippen LogP contribution in [-0.2, 0) is 28.4 Å². The van der Waals surface area contributed by atoms with Crippen molar-refractivity contribution in [1.82, 2.24) is 0 Å². The molecule has 0 aliphatic heterocycles. The number of aliphatic carboxylic acids is 2. The lowest BCUT2D eigenvalue weighted by molar-refractivity contribution is -0.134. The molecule has 0 spiro atoms. The average Bonchev–Trinajstić information content (AvgIpc) is 2.85. The molecule has 0 amide bonds. The molecule has 0 saturated carbocycles. The summed E-state index contributed by atoms with van der Waals surface area (Å²) in [6, 6.07) is 0. The second-order valence-electron chi connectivity index (χ2n) is 9.43. The van der Waals surface area contributed by atoms with E-state index in [9.17, 15) is 18.0 Å². The lowest BCUT2D eigenvalue weighted by atomic mass is 10.1. The highest BCUT2D eigenvalue weighted by molar-refractivity contribution is 7.81. The van der Waals surface area contributed by atoms with Crippen LogP contribution in [0.4, 0.5) is 0 Å². The first-order valence-corrected chi connectivity index (χ1v) is 15.8. The molecule has 2 N–H and O–H groups in total. The van der Waals surface area contributed by atoms with E-state index >= 15 is 0 Å². The Morgan fingerprint density at radius 1 is 0.514 bits per heavy atom. The Kier molecular flexibility index (Phi) is 29.7. The van der Waals surface area contributed by atoms with E-state index in [0.29, 0.717) is 12.2 Å². The molecule has 0 heterocycles. The molecule has 8 nitrogen and oxygen atoms in total. The maximum Gasteiger partial charge on any atom is 0.399 e. The monoisotopic (exact) mass is 550 g/mol. The van der Waals surface area contributed by atoms with Gasteiger partial charge in [0.05, 0.1) is 13.2 Å². The Hall–Kier alpha value is -1.45. The number of carboxylic acids is 2. The van der Waals surface area contributed by atoms with Gasteiger partial charge in [0, 0.05) is 12.2 Å². The van der Waals surface area contributed by atoms with Gasteiger partial charge < -0.3 is 10.2 Å². The van der Waals surface area contributed by atoms with Crippen molar-refractivity contribution in [2.75, 3.05) is 13.2 Å². The van der Waals surface area contributed by atoms with E-state index < -0.39 is 22.3 Å². The van der Waals surface area contributed by atoms with Crippen molar-refractivity contribution in [2.45, 2.75) is 142 Å². The minimum absolute atomic E-state index is 0.247. The molecule has 0 bridgehead atoms. The quantitative estimate of drug-likeness (QED) is 0.0824. The molecule has 9 heteroatoms. The SMILES string of the molecule is CCCCCCCCCCCCOS(=O)(=O)OCCCCCCCCCCCC.O=C(O)/C=C\C(=O)O. The summed E-state index contributed by atoms with van der Waals surface area (Å²) in [6.45, 7) is 4.98. The molecule has 0 aromatic rings. The van der Waals surface area contributed by atoms with E-state index in [2.05, 4.69) is 13.8 Å². The molecule has 220 valence electrons. The Bertz CT molecular complexity index is 599. The molecular formula is C28H54O8S. The second-order valence-corrected chi connectivity index (χ2v) is 10.7. The van der Waals surface area contributed by atoms with Gasteiger partial charge in [-0.2, -0.15) is 8.42 Å². The van der Waals surface area contributed by atoms with Crippen LogP contribution in [0.5, 0.6) is 0 Å². The summed E-state index contributed by atoms with van der Waals surface area (Å²) in [5.74, 6) is -2.51. The molecular weight excluding hydrogens is 496 g/mol. The van der Waals surface area contributed by atoms with Crippen LogP contribution < -0.4 is 0 Å². The standard InChI is InChI=1S/C24H50O4S.C4H4O4/c1-3-5-7-9-11-13-15-17-19-21-23-27-29(25,26)28-24-22-20-18-16-14-12-10-8-6-4-2;5-3(6)1-2-4(7)8/h3-24H2,1-2H3;1-2H,(H,5,6)(H,7,8)/b;2-1-. The number of carboxylic acid groups (broad SMARTS) is 2. The smallest absolute Gasteiger partial charge is 0.399 e. The van der Waals surface area contributed by atoms with Crippen LogP contribution in [0.3, 0.4) is 0 Å². The Morgan fingerprint density at radius 3 is 1.00 bits per heavy atom. The van der Waals surface area contributed by atoms with Crippen LogP contribution in [0.25, 0.3) is 0 Å². The summed E-state index contributed by atoms with van der Waals surface area (Å²) >= 11 is 0. The minimum Gasteiger partial charge on any atom is -0.478 e. The topological polar surface area (TPSA) is 127 Å². The molecule has 0 fully saturated rings. The first kappa shape index (κ1) is 37.7. The van der Waals surface area contributed by atoms with E-state index in [1.807, 2.05) is 0 Å². The first-order chi connectivity index (χ1) is 17.7. The summed E-state index contributed by atoms with van der Waals surface area (Å²) in [6.07, 6.45) is 25.6. The summed E-state index contributed by atoms with van der Waals surface area (Å²) < 4.78 is 33.3. The lowest BCUT2D eigenvalue weighted by Crippen LogP contribution is -2.12. The van der Waals surface area contributed by atoms with Gasteiger partial charge in [0.25, 0.3) is 0 Å². The van der Waals surface area contributed by atoms with Crippen molar-refractivity contribution in [1.29, 1.82) is 0 Å². The van der Waals surface area contributed by atoms with Crippen LogP contribution in [0.15, 0.2) is 12.2 Å². The van der Waals surface area contributed by atoms with Crippen molar-refractivity contribution in [2.24, 2.45) is 0 Å². The van der Waals surface area contributed by atoms with Crippen molar-refractivity contribution in [3.8, 4) is 0 Å². The minimum atomic E-state index is -3.80. The fraction of sp³-hybridized carbons (Fsp3) is 0.857. The molecule has 0 aromatic carbocycles. The molecule has 0 unspecified atom stereocenters. The van der Waals surface area contributed by atoms with E-state index in [1.165, 1.54) is 89.9 Å².